The summed E-state index contributed by atoms with van der Waals surface area (Å²) in [6.07, 6.45) is 8.02. The molecule has 0 unspecified atom stereocenters. The fourth-order valence-electron chi connectivity index (χ4n) is 5.93. The van der Waals surface area contributed by atoms with Crippen molar-refractivity contribution in [2.75, 3.05) is 0 Å². The fourth-order valence-corrected chi connectivity index (χ4v) is 5.93. The highest BCUT2D eigenvalue weighted by molar-refractivity contribution is 6.09. The van der Waals surface area contributed by atoms with Crippen molar-refractivity contribution in [1.29, 1.82) is 0 Å². The van der Waals surface area contributed by atoms with Gasteiger partial charge in [0, 0.05) is 53.3 Å². The fraction of sp³-hybridized carbons (Fsp3) is 0.105. The highest BCUT2D eigenvalue weighted by Gasteiger charge is 2.18. The summed E-state index contributed by atoms with van der Waals surface area (Å²) < 4.78 is 12.9. The first-order valence-electron chi connectivity index (χ1n) is 14.8. The average molecular weight is 574 g/mol. The van der Waals surface area contributed by atoms with Gasteiger partial charge in [0.1, 0.15) is 17.3 Å². The van der Waals surface area contributed by atoms with Gasteiger partial charge in [0.05, 0.1) is 22.4 Å². The molecule has 6 heteroatoms. The Balaban J connectivity index is 1.18. The highest BCUT2D eigenvalue weighted by Crippen LogP contribution is 2.36. The van der Waals surface area contributed by atoms with Crippen molar-refractivity contribution in [3.8, 4) is 34.3 Å². The minimum absolute atomic E-state index is 0.0144. The van der Waals surface area contributed by atoms with Crippen LogP contribution in [-0.2, 0) is 5.41 Å². The Morgan fingerprint density at radius 1 is 0.682 bits per heavy atom. The summed E-state index contributed by atoms with van der Waals surface area (Å²) in [5.41, 5.74) is 6.43. The molecule has 0 aliphatic heterocycles. The molecule has 8 rings (SSSR count). The van der Waals surface area contributed by atoms with Gasteiger partial charge in [-0.3, -0.25) is 13.5 Å². The number of aromatic nitrogens is 5. The van der Waals surface area contributed by atoms with Crippen LogP contribution in [0.4, 0.5) is 0 Å². The molecule has 44 heavy (non-hydrogen) atoms. The molecule has 0 amide bonds. The van der Waals surface area contributed by atoms with Gasteiger partial charge < -0.3 is 4.74 Å². The molecule has 0 saturated heterocycles. The quantitative estimate of drug-likeness (QED) is 0.206. The van der Waals surface area contributed by atoms with Crippen molar-refractivity contribution in [2.45, 2.75) is 26.2 Å². The van der Waals surface area contributed by atoms with Crippen LogP contribution in [0.3, 0.4) is 0 Å². The molecule has 0 N–H and O–H groups in total. The SMILES string of the molecule is CC(C)(C)c1ccnc(-n2c3ccccc3c3ccc(Oc4cccc(-n5ccn6cc(-c7ccccc7)nc56)c4)cc32)c1. The van der Waals surface area contributed by atoms with Crippen LogP contribution in [0.1, 0.15) is 26.3 Å². The zero-order valence-corrected chi connectivity index (χ0v) is 24.8. The molecule has 0 spiro atoms. The molecular weight excluding hydrogens is 542 g/mol. The Hall–Kier alpha value is -5.62. The van der Waals surface area contributed by atoms with Crippen LogP contribution in [0.25, 0.3) is 50.3 Å². The Labute approximate surface area is 255 Å². The molecule has 4 aromatic carbocycles. The molecule has 0 bridgehead atoms. The first-order valence-corrected chi connectivity index (χ1v) is 14.8. The summed E-state index contributed by atoms with van der Waals surface area (Å²) >= 11 is 0. The van der Waals surface area contributed by atoms with Crippen LogP contribution >= 0.6 is 0 Å². The van der Waals surface area contributed by atoms with E-state index in [0.717, 1.165) is 56.5 Å². The summed E-state index contributed by atoms with van der Waals surface area (Å²) in [4.78, 5) is 9.73. The third kappa shape index (κ3) is 4.43. The third-order valence-electron chi connectivity index (χ3n) is 8.19. The molecule has 8 aromatic rings. The summed E-state index contributed by atoms with van der Waals surface area (Å²) in [6, 6.07) is 37.4. The van der Waals surface area contributed by atoms with Crippen LogP contribution in [0.2, 0.25) is 0 Å². The summed E-state index contributed by atoms with van der Waals surface area (Å²) in [6.45, 7) is 6.68. The van der Waals surface area contributed by atoms with Crippen molar-refractivity contribution in [1.82, 2.24) is 23.5 Å². The van der Waals surface area contributed by atoms with Gasteiger partial charge in [-0.2, -0.15) is 0 Å². The highest BCUT2D eigenvalue weighted by atomic mass is 16.5. The van der Waals surface area contributed by atoms with Crippen LogP contribution in [0.5, 0.6) is 11.5 Å². The second kappa shape index (κ2) is 9.99. The van der Waals surface area contributed by atoms with Gasteiger partial charge in [0.15, 0.2) is 0 Å². The van der Waals surface area contributed by atoms with Crippen molar-refractivity contribution in [2.24, 2.45) is 0 Å². The standard InChI is InChI=1S/C38H31N5O/c1-38(2,3)27-18-19-39-36(22-27)43-34-15-8-7-14-31(34)32-17-16-30(24-35(32)43)44-29-13-9-12-28(23-29)42-21-20-41-25-33(40-37(41)42)26-10-5-4-6-11-26/h4-25H,1-3H3. The van der Waals surface area contributed by atoms with Gasteiger partial charge in [0.2, 0.25) is 5.78 Å². The maximum absolute atomic E-state index is 6.50. The number of ether oxygens (including phenoxy) is 1. The van der Waals surface area contributed by atoms with Gasteiger partial charge in [-0.1, -0.05) is 75.4 Å². The van der Waals surface area contributed by atoms with Crippen molar-refractivity contribution < 1.29 is 4.74 Å². The Kier molecular flexibility index (Phi) is 5.91. The smallest absolute Gasteiger partial charge is 0.219 e. The van der Waals surface area contributed by atoms with Gasteiger partial charge in [-0.25, -0.2) is 9.97 Å². The van der Waals surface area contributed by atoms with Crippen LogP contribution in [0.15, 0.2) is 134 Å². The van der Waals surface area contributed by atoms with Crippen molar-refractivity contribution in [3.05, 3.63) is 140 Å². The van der Waals surface area contributed by atoms with Gasteiger partial charge in [0.25, 0.3) is 0 Å². The van der Waals surface area contributed by atoms with Gasteiger partial charge in [-0.15, -0.1) is 0 Å². The van der Waals surface area contributed by atoms with Crippen LogP contribution < -0.4 is 4.74 Å². The van der Waals surface area contributed by atoms with Crippen molar-refractivity contribution in [3.63, 3.8) is 0 Å². The van der Waals surface area contributed by atoms with Gasteiger partial charge >= 0.3 is 0 Å². The molecule has 4 aromatic heterocycles. The van der Waals surface area contributed by atoms with Crippen LogP contribution in [-0.4, -0.2) is 23.5 Å². The van der Waals surface area contributed by atoms with E-state index < -0.39 is 0 Å². The van der Waals surface area contributed by atoms with E-state index in [2.05, 4.69) is 103 Å². The molecule has 4 heterocycles. The zero-order valence-electron chi connectivity index (χ0n) is 24.8. The summed E-state index contributed by atoms with van der Waals surface area (Å²) in [7, 11) is 0. The molecule has 0 atom stereocenters. The summed E-state index contributed by atoms with van der Waals surface area (Å²) in [5, 5.41) is 2.35. The van der Waals surface area contributed by atoms with E-state index in [1.807, 2.05) is 65.5 Å². The van der Waals surface area contributed by atoms with E-state index in [0.29, 0.717) is 0 Å². The maximum Gasteiger partial charge on any atom is 0.219 e. The largest absolute Gasteiger partial charge is 0.457 e. The molecule has 0 aliphatic rings. The normalized spacial score (nSPS) is 12.0. The molecule has 0 radical (unpaired) electrons. The van der Waals surface area contributed by atoms with Crippen LogP contribution in [0, 0.1) is 0 Å². The lowest BCUT2D eigenvalue weighted by Gasteiger charge is -2.20. The average Bonchev–Trinajstić information content (AvgIpc) is 3.73. The third-order valence-corrected chi connectivity index (χ3v) is 8.19. The number of imidazole rings is 2. The molecule has 6 nitrogen and oxygen atoms in total. The van der Waals surface area contributed by atoms with E-state index in [1.165, 1.54) is 10.9 Å². The maximum atomic E-state index is 6.50. The Morgan fingerprint density at radius 3 is 2.34 bits per heavy atom. The van der Waals surface area contributed by atoms with E-state index in [9.17, 15) is 0 Å². The number of nitrogens with zero attached hydrogens (tertiary/aromatic N) is 5. The number of hydrogen-bond acceptors (Lipinski definition) is 3. The number of para-hydroxylation sites is 1. The Morgan fingerprint density at radius 2 is 1.48 bits per heavy atom. The van der Waals surface area contributed by atoms with Crippen molar-refractivity contribution >= 4 is 27.6 Å². The zero-order chi connectivity index (χ0) is 29.8. The second-order valence-corrected chi connectivity index (χ2v) is 12.2. The number of hydrogen-bond donors (Lipinski definition) is 0. The monoisotopic (exact) mass is 573 g/mol. The molecular formula is C38H31N5O. The van der Waals surface area contributed by atoms with E-state index >= 15 is 0 Å². The first kappa shape index (κ1) is 26.0. The predicted octanol–water partition coefficient (Wildman–Crippen LogP) is 9.37. The molecule has 0 saturated carbocycles. The van der Waals surface area contributed by atoms with E-state index in [1.54, 1.807) is 0 Å². The molecule has 0 aliphatic carbocycles. The second-order valence-electron chi connectivity index (χ2n) is 12.2. The lowest BCUT2D eigenvalue weighted by atomic mass is 9.88. The summed E-state index contributed by atoms with van der Waals surface area (Å²) in [5.74, 6) is 3.25. The topological polar surface area (TPSA) is 49.3 Å². The minimum atomic E-state index is 0.0144. The molecule has 214 valence electrons. The predicted molar refractivity (Wildman–Crippen MR) is 177 cm³/mol. The molecule has 0 fully saturated rings. The Bertz CT molecular complexity index is 2300. The van der Waals surface area contributed by atoms with E-state index in [4.69, 9.17) is 14.7 Å². The number of benzene rings is 4. The minimum Gasteiger partial charge on any atom is -0.457 e. The van der Waals surface area contributed by atoms with E-state index in [-0.39, 0.29) is 5.41 Å². The number of pyridine rings is 1. The lowest BCUT2D eigenvalue weighted by Crippen LogP contribution is -2.12. The first-order chi connectivity index (χ1) is 21.4. The number of fused-ring (bicyclic) bond motifs is 4. The van der Waals surface area contributed by atoms with Gasteiger partial charge in [-0.05, 0) is 53.4 Å². The lowest BCUT2D eigenvalue weighted by molar-refractivity contribution is 0.483. The number of rotatable bonds is 5.